The highest BCUT2D eigenvalue weighted by Crippen LogP contribution is 2.31. The SMILES string of the molecule is Cc1cc(Oc2nc(C(F)(F)F)ccc2C(=N)N)n[nH]1. The van der Waals surface area contributed by atoms with Crippen LogP contribution in [0.3, 0.4) is 0 Å². The number of H-pyrrole nitrogens is 1. The predicted octanol–water partition coefficient (Wildman–Crippen LogP) is 2.21. The summed E-state index contributed by atoms with van der Waals surface area (Å²) in [6.07, 6.45) is -4.62. The third kappa shape index (κ3) is 2.87. The first-order valence-electron chi connectivity index (χ1n) is 5.40. The number of nitrogens with zero attached hydrogens (tertiary/aromatic N) is 2. The number of nitrogen functional groups attached to an aromatic ring is 1. The van der Waals surface area contributed by atoms with Crippen molar-refractivity contribution >= 4 is 5.84 Å². The summed E-state index contributed by atoms with van der Waals surface area (Å²) in [6, 6.07) is 3.25. The maximum Gasteiger partial charge on any atom is 0.433 e. The molecule has 2 rings (SSSR count). The van der Waals surface area contributed by atoms with Gasteiger partial charge in [-0.2, -0.15) is 13.2 Å². The molecule has 0 unspecified atom stereocenters. The van der Waals surface area contributed by atoms with Gasteiger partial charge >= 0.3 is 6.18 Å². The van der Waals surface area contributed by atoms with Crippen LogP contribution in [0.15, 0.2) is 18.2 Å². The molecule has 0 saturated carbocycles. The number of halogens is 3. The summed E-state index contributed by atoms with van der Waals surface area (Å²) < 4.78 is 43.0. The lowest BCUT2D eigenvalue weighted by Gasteiger charge is -2.11. The Labute approximate surface area is 111 Å². The molecule has 2 aromatic rings. The first kappa shape index (κ1) is 13.8. The number of amidine groups is 1. The molecule has 0 aliphatic rings. The van der Waals surface area contributed by atoms with E-state index in [1.165, 1.54) is 6.07 Å². The van der Waals surface area contributed by atoms with E-state index in [9.17, 15) is 13.2 Å². The van der Waals surface area contributed by atoms with Gasteiger partial charge in [-0.1, -0.05) is 0 Å². The Hall–Kier alpha value is -2.58. The van der Waals surface area contributed by atoms with E-state index < -0.39 is 23.6 Å². The molecule has 4 N–H and O–H groups in total. The summed E-state index contributed by atoms with van der Waals surface area (Å²) in [5, 5.41) is 13.6. The average molecular weight is 285 g/mol. The molecular formula is C11H10F3N5O. The maximum atomic E-state index is 12.6. The zero-order chi connectivity index (χ0) is 14.9. The molecule has 20 heavy (non-hydrogen) atoms. The number of ether oxygens (including phenoxy) is 1. The van der Waals surface area contributed by atoms with Crippen molar-refractivity contribution in [3.05, 3.63) is 35.2 Å². The second kappa shape index (κ2) is 4.83. The van der Waals surface area contributed by atoms with Gasteiger partial charge in [0, 0.05) is 11.8 Å². The van der Waals surface area contributed by atoms with Crippen LogP contribution in [-0.2, 0) is 6.18 Å². The Morgan fingerprint density at radius 2 is 2.10 bits per heavy atom. The number of aromatic nitrogens is 3. The summed E-state index contributed by atoms with van der Waals surface area (Å²) in [7, 11) is 0. The molecule has 2 heterocycles. The minimum Gasteiger partial charge on any atom is -0.418 e. The van der Waals surface area contributed by atoms with Gasteiger partial charge in [-0.25, -0.2) is 4.98 Å². The van der Waals surface area contributed by atoms with Crippen LogP contribution in [0, 0.1) is 12.3 Å². The van der Waals surface area contributed by atoms with E-state index in [1.54, 1.807) is 6.92 Å². The van der Waals surface area contributed by atoms with Crippen molar-refractivity contribution in [1.82, 2.24) is 15.2 Å². The molecule has 0 bridgehead atoms. The minimum absolute atomic E-state index is 0.0387. The number of hydrogen-bond donors (Lipinski definition) is 3. The van der Waals surface area contributed by atoms with Crippen LogP contribution < -0.4 is 10.5 Å². The van der Waals surface area contributed by atoms with Crippen LogP contribution in [0.2, 0.25) is 0 Å². The molecule has 0 fully saturated rings. The summed E-state index contributed by atoms with van der Waals surface area (Å²) in [4.78, 5) is 3.35. The minimum atomic E-state index is -4.62. The largest absolute Gasteiger partial charge is 0.433 e. The molecule has 0 spiro atoms. The van der Waals surface area contributed by atoms with Crippen LogP contribution in [-0.4, -0.2) is 21.0 Å². The molecule has 0 atom stereocenters. The third-order valence-corrected chi connectivity index (χ3v) is 2.32. The van der Waals surface area contributed by atoms with Gasteiger partial charge in [0.15, 0.2) is 0 Å². The van der Waals surface area contributed by atoms with Crippen LogP contribution in [0.5, 0.6) is 11.8 Å². The molecule has 0 aromatic carbocycles. The number of pyridine rings is 1. The number of aromatic amines is 1. The Morgan fingerprint density at radius 1 is 1.40 bits per heavy atom. The quantitative estimate of drug-likeness (QED) is 0.594. The van der Waals surface area contributed by atoms with E-state index in [2.05, 4.69) is 15.2 Å². The highest BCUT2D eigenvalue weighted by molar-refractivity contribution is 5.97. The Balaban J connectivity index is 2.44. The molecule has 0 saturated heterocycles. The fraction of sp³-hybridized carbons (Fsp3) is 0.182. The average Bonchev–Trinajstić information content (AvgIpc) is 2.73. The van der Waals surface area contributed by atoms with Crippen molar-refractivity contribution in [3.8, 4) is 11.8 Å². The molecular weight excluding hydrogens is 275 g/mol. The van der Waals surface area contributed by atoms with E-state index in [-0.39, 0.29) is 11.4 Å². The summed E-state index contributed by atoms with van der Waals surface area (Å²) in [5.41, 5.74) is 4.77. The van der Waals surface area contributed by atoms with Gasteiger partial charge in [-0.15, -0.1) is 5.10 Å². The Morgan fingerprint density at radius 3 is 2.60 bits per heavy atom. The maximum absolute atomic E-state index is 12.6. The zero-order valence-corrected chi connectivity index (χ0v) is 10.2. The standard InChI is InChI=1S/C11H10F3N5O/c1-5-4-8(19-18-5)20-10-6(9(15)16)2-3-7(17-10)11(12,13)14/h2-4H,1H3,(H3,15,16)(H,18,19). The smallest absolute Gasteiger partial charge is 0.418 e. The van der Waals surface area contributed by atoms with E-state index in [4.69, 9.17) is 15.9 Å². The molecule has 0 amide bonds. The van der Waals surface area contributed by atoms with Crippen LogP contribution in [0.4, 0.5) is 13.2 Å². The monoisotopic (exact) mass is 285 g/mol. The summed E-state index contributed by atoms with van der Waals surface area (Å²) >= 11 is 0. The van der Waals surface area contributed by atoms with Crippen molar-refractivity contribution in [2.75, 3.05) is 0 Å². The van der Waals surface area contributed by atoms with Crippen LogP contribution in [0.25, 0.3) is 0 Å². The molecule has 2 aromatic heterocycles. The van der Waals surface area contributed by atoms with Gasteiger partial charge in [0.25, 0.3) is 0 Å². The number of aryl methyl sites for hydroxylation is 1. The lowest BCUT2D eigenvalue weighted by molar-refractivity contribution is -0.141. The van der Waals surface area contributed by atoms with Gasteiger partial charge in [-0.3, -0.25) is 10.5 Å². The molecule has 6 nitrogen and oxygen atoms in total. The molecule has 0 aliphatic heterocycles. The summed E-state index contributed by atoms with van der Waals surface area (Å²) in [5.74, 6) is -0.830. The van der Waals surface area contributed by atoms with Crippen molar-refractivity contribution in [2.45, 2.75) is 13.1 Å². The number of rotatable bonds is 3. The third-order valence-electron chi connectivity index (χ3n) is 2.32. The zero-order valence-electron chi connectivity index (χ0n) is 10.2. The number of nitrogens with two attached hydrogens (primary N) is 1. The normalized spacial score (nSPS) is 11.4. The molecule has 106 valence electrons. The van der Waals surface area contributed by atoms with Gasteiger partial charge in [-0.05, 0) is 19.1 Å². The van der Waals surface area contributed by atoms with Crippen molar-refractivity contribution < 1.29 is 17.9 Å². The van der Waals surface area contributed by atoms with Crippen LogP contribution >= 0.6 is 0 Å². The highest BCUT2D eigenvalue weighted by Gasteiger charge is 2.33. The van der Waals surface area contributed by atoms with Crippen molar-refractivity contribution in [3.63, 3.8) is 0 Å². The van der Waals surface area contributed by atoms with Crippen LogP contribution in [0.1, 0.15) is 17.0 Å². The first-order valence-corrected chi connectivity index (χ1v) is 5.40. The second-order valence-electron chi connectivity index (χ2n) is 3.95. The molecule has 0 aliphatic carbocycles. The van der Waals surface area contributed by atoms with E-state index >= 15 is 0 Å². The van der Waals surface area contributed by atoms with E-state index in [1.807, 2.05) is 0 Å². The topological polar surface area (TPSA) is 101 Å². The summed E-state index contributed by atoms with van der Waals surface area (Å²) in [6.45, 7) is 1.70. The number of alkyl halides is 3. The first-order chi connectivity index (χ1) is 9.27. The lowest BCUT2D eigenvalue weighted by atomic mass is 10.2. The fourth-order valence-corrected chi connectivity index (χ4v) is 1.43. The van der Waals surface area contributed by atoms with E-state index in [0.717, 1.165) is 12.1 Å². The number of hydrogen-bond acceptors (Lipinski definition) is 4. The predicted molar refractivity (Wildman–Crippen MR) is 63.7 cm³/mol. The Kier molecular flexibility index (Phi) is 3.35. The van der Waals surface area contributed by atoms with Gasteiger partial charge in [0.05, 0.1) is 5.56 Å². The molecule has 0 radical (unpaired) electrons. The number of nitrogens with one attached hydrogen (secondary N) is 2. The van der Waals surface area contributed by atoms with Gasteiger partial charge in [0.2, 0.25) is 11.8 Å². The molecule has 9 heteroatoms. The fourth-order valence-electron chi connectivity index (χ4n) is 1.43. The highest BCUT2D eigenvalue weighted by atomic mass is 19.4. The van der Waals surface area contributed by atoms with Crippen molar-refractivity contribution in [1.29, 1.82) is 5.41 Å². The van der Waals surface area contributed by atoms with Gasteiger partial charge < -0.3 is 10.5 Å². The lowest BCUT2D eigenvalue weighted by Crippen LogP contribution is -2.16. The van der Waals surface area contributed by atoms with E-state index in [0.29, 0.717) is 5.69 Å². The Bertz CT molecular complexity index is 650. The second-order valence-corrected chi connectivity index (χ2v) is 3.95. The van der Waals surface area contributed by atoms with Gasteiger partial charge in [0.1, 0.15) is 11.5 Å². The van der Waals surface area contributed by atoms with Crippen molar-refractivity contribution in [2.24, 2.45) is 5.73 Å².